The van der Waals surface area contributed by atoms with E-state index in [-0.39, 0.29) is 11.7 Å². The van der Waals surface area contributed by atoms with Gasteiger partial charge in [0.1, 0.15) is 5.60 Å². The Hall–Kier alpha value is -0.600. The van der Waals surface area contributed by atoms with Crippen LogP contribution in [0.1, 0.15) is 6.92 Å². The van der Waals surface area contributed by atoms with Crippen LogP contribution in [0.5, 0.6) is 0 Å². The van der Waals surface area contributed by atoms with Gasteiger partial charge in [0.05, 0.1) is 19.3 Å². The number of hydrogen-bond donors (Lipinski definition) is 0. The predicted molar refractivity (Wildman–Crippen MR) is 42.4 cm³/mol. The van der Waals surface area contributed by atoms with Crippen molar-refractivity contribution >= 4 is 0 Å². The fourth-order valence-electron chi connectivity index (χ4n) is 1.53. The first-order valence-electron chi connectivity index (χ1n) is 3.94. The molecule has 0 fully saturated rings. The van der Waals surface area contributed by atoms with Gasteiger partial charge in [0.2, 0.25) is 0 Å². The van der Waals surface area contributed by atoms with Crippen LogP contribution >= 0.6 is 0 Å². The standard InChI is InChI=1S/C9H12O2/c1-8-9(4-2-6-10-8)5-3-7-11-9/h2-5,8H,6-7H2,1H3/t8-,9-/m1/s1. The van der Waals surface area contributed by atoms with Crippen LogP contribution in [-0.4, -0.2) is 24.9 Å². The molecular formula is C9H12O2. The zero-order valence-corrected chi connectivity index (χ0v) is 6.62. The second-order valence-electron chi connectivity index (χ2n) is 2.94. The van der Waals surface area contributed by atoms with Gasteiger partial charge in [0.15, 0.2) is 0 Å². The van der Waals surface area contributed by atoms with Crippen molar-refractivity contribution in [3.63, 3.8) is 0 Å². The molecule has 1 spiro atoms. The van der Waals surface area contributed by atoms with E-state index in [1.54, 1.807) is 0 Å². The lowest BCUT2D eigenvalue weighted by molar-refractivity contribution is -0.0702. The fraction of sp³-hybridized carbons (Fsp3) is 0.556. The van der Waals surface area contributed by atoms with E-state index in [0.29, 0.717) is 13.2 Å². The van der Waals surface area contributed by atoms with Crippen molar-refractivity contribution in [2.75, 3.05) is 13.2 Å². The van der Waals surface area contributed by atoms with Gasteiger partial charge < -0.3 is 9.47 Å². The van der Waals surface area contributed by atoms with E-state index in [1.807, 2.05) is 19.1 Å². The molecule has 2 heteroatoms. The first-order valence-corrected chi connectivity index (χ1v) is 3.94. The summed E-state index contributed by atoms with van der Waals surface area (Å²) in [4.78, 5) is 0. The monoisotopic (exact) mass is 152 g/mol. The smallest absolute Gasteiger partial charge is 0.131 e. The van der Waals surface area contributed by atoms with Crippen LogP contribution in [0.25, 0.3) is 0 Å². The van der Waals surface area contributed by atoms with Crippen molar-refractivity contribution in [3.05, 3.63) is 24.3 Å². The highest BCUT2D eigenvalue weighted by atomic mass is 16.6. The molecular weight excluding hydrogens is 140 g/mol. The second kappa shape index (κ2) is 2.47. The zero-order valence-electron chi connectivity index (χ0n) is 6.62. The van der Waals surface area contributed by atoms with Gasteiger partial charge in [0.25, 0.3) is 0 Å². The number of ether oxygens (including phenoxy) is 2. The Morgan fingerprint density at radius 1 is 1.27 bits per heavy atom. The Kier molecular flexibility index (Phi) is 1.59. The summed E-state index contributed by atoms with van der Waals surface area (Å²) in [6.07, 6.45) is 8.36. The maximum Gasteiger partial charge on any atom is 0.131 e. The minimum Gasteiger partial charge on any atom is -0.371 e. The van der Waals surface area contributed by atoms with E-state index in [1.165, 1.54) is 0 Å². The van der Waals surface area contributed by atoms with Crippen LogP contribution in [0.4, 0.5) is 0 Å². The number of hydrogen-bond acceptors (Lipinski definition) is 2. The van der Waals surface area contributed by atoms with Gasteiger partial charge in [-0.1, -0.05) is 12.2 Å². The van der Waals surface area contributed by atoms with E-state index in [4.69, 9.17) is 9.47 Å². The van der Waals surface area contributed by atoms with Crippen LogP contribution in [0.3, 0.4) is 0 Å². The molecule has 0 aliphatic carbocycles. The molecule has 0 amide bonds. The summed E-state index contributed by atoms with van der Waals surface area (Å²) in [6, 6.07) is 0. The van der Waals surface area contributed by atoms with Gasteiger partial charge in [-0.15, -0.1) is 0 Å². The zero-order chi connectivity index (χ0) is 7.73. The summed E-state index contributed by atoms with van der Waals surface area (Å²) in [6.45, 7) is 3.46. The maximum absolute atomic E-state index is 5.57. The van der Waals surface area contributed by atoms with Gasteiger partial charge in [-0.3, -0.25) is 0 Å². The molecule has 0 saturated heterocycles. The van der Waals surface area contributed by atoms with Crippen molar-refractivity contribution in [1.29, 1.82) is 0 Å². The molecule has 2 aliphatic heterocycles. The van der Waals surface area contributed by atoms with E-state index >= 15 is 0 Å². The molecule has 2 rings (SSSR count). The quantitative estimate of drug-likeness (QED) is 0.487. The van der Waals surface area contributed by atoms with Gasteiger partial charge in [0, 0.05) is 0 Å². The normalized spacial score (nSPS) is 42.1. The summed E-state index contributed by atoms with van der Waals surface area (Å²) in [5.74, 6) is 0. The molecule has 2 aliphatic rings. The Balaban J connectivity index is 2.27. The molecule has 0 N–H and O–H groups in total. The van der Waals surface area contributed by atoms with Gasteiger partial charge >= 0.3 is 0 Å². The third-order valence-corrected chi connectivity index (χ3v) is 2.26. The second-order valence-corrected chi connectivity index (χ2v) is 2.94. The van der Waals surface area contributed by atoms with Crippen molar-refractivity contribution in [1.82, 2.24) is 0 Å². The Labute approximate surface area is 66.5 Å². The molecule has 0 aromatic rings. The molecule has 2 atom stereocenters. The van der Waals surface area contributed by atoms with Crippen LogP contribution in [0.2, 0.25) is 0 Å². The highest BCUT2D eigenvalue weighted by Gasteiger charge is 2.36. The van der Waals surface area contributed by atoms with E-state index in [2.05, 4.69) is 12.2 Å². The lowest BCUT2D eigenvalue weighted by atomic mass is 9.96. The molecule has 2 nitrogen and oxygen atoms in total. The van der Waals surface area contributed by atoms with Crippen molar-refractivity contribution < 1.29 is 9.47 Å². The fourth-order valence-corrected chi connectivity index (χ4v) is 1.53. The summed E-state index contributed by atoms with van der Waals surface area (Å²) in [7, 11) is 0. The predicted octanol–water partition coefficient (Wildman–Crippen LogP) is 1.29. The molecule has 0 radical (unpaired) electrons. The van der Waals surface area contributed by atoms with Crippen LogP contribution in [-0.2, 0) is 9.47 Å². The summed E-state index contributed by atoms with van der Waals surface area (Å²) in [5.41, 5.74) is -0.252. The molecule has 0 unspecified atom stereocenters. The lowest BCUT2D eigenvalue weighted by Gasteiger charge is -2.33. The first kappa shape index (κ1) is 7.07. The van der Waals surface area contributed by atoms with Crippen molar-refractivity contribution in [2.24, 2.45) is 0 Å². The van der Waals surface area contributed by atoms with Crippen molar-refractivity contribution in [2.45, 2.75) is 18.6 Å². The van der Waals surface area contributed by atoms with Gasteiger partial charge in [-0.2, -0.15) is 0 Å². The lowest BCUT2D eigenvalue weighted by Crippen LogP contribution is -2.41. The highest BCUT2D eigenvalue weighted by molar-refractivity contribution is 5.23. The summed E-state index contributed by atoms with van der Waals surface area (Å²) < 4.78 is 11.0. The molecule has 2 heterocycles. The van der Waals surface area contributed by atoms with Crippen LogP contribution < -0.4 is 0 Å². The molecule has 0 bridgehead atoms. The van der Waals surface area contributed by atoms with E-state index < -0.39 is 0 Å². The average molecular weight is 152 g/mol. The molecule has 11 heavy (non-hydrogen) atoms. The Bertz CT molecular complexity index is 208. The van der Waals surface area contributed by atoms with Crippen LogP contribution in [0, 0.1) is 0 Å². The topological polar surface area (TPSA) is 18.5 Å². The number of rotatable bonds is 0. The van der Waals surface area contributed by atoms with E-state index in [0.717, 1.165) is 0 Å². The largest absolute Gasteiger partial charge is 0.371 e. The first-order chi connectivity index (χ1) is 5.33. The highest BCUT2D eigenvalue weighted by Crippen LogP contribution is 2.29. The molecule has 60 valence electrons. The summed E-state index contributed by atoms with van der Waals surface area (Å²) >= 11 is 0. The van der Waals surface area contributed by atoms with Crippen molar-refractivity contribution in [3.8, 4) is 0 Å². The third-order valence-electron chi connectivity index (χ3n) is 2.26. The average Bonchev–Trinajstić information content (AvgIpc) is 2.46. The minimum atomic E-state index is -0.252. The maximum atomic E-state index is 5.57. The minimum absolute atomic E-state index is 0.145. The molecule has 0 aromatic carbocycles. The van der Waals surface area contributed by atoms with Crippen LogP contribution in [0.15, 0.2) is 24.3 Å². The summed E-state index contributed by atoms with van der Waals surface area (Å²) in [5, 5.41) is 0. The molecule has 0 saturated carbocycles. The Morgan fingerprint density at radius 2 is 2.00 bits per heavy atom. The Morgan fingerprint density at radius 3 is 2.64 bits per heavy atom. The SMILES string of the molecule is C[C@H]1OCC=C[C@@]12C=CCO2. The van der Waals surface area contributed by atoms with E-state index in [9.17, 15) is 0 Å². The third kappa shape index (κ3) is 1.03. The molecule has 0 aromatic heterocycles. The van der Waals surface area contributed by atoms with Gasteiger partial charge in [-0.05, 0) is 19.1 Å². The van der Waals surface area contributed by atoms with Gasteiger partial charge in [-0.25, -0.2) is 0 Å².